The zero-order valence-corrected chi connectivity index (χ0v) is 13.2. The molecule has 12 heteroatoms. The minimum atomic E-state index is -5.08. The van der Waals surface area contributed by atoms with E-state index in [0.717, 1.165) is 16.8 Å². The Morgan fingerprint density at radius 1 is 1.38 bits per heavy atom. The fourth-order valence-electron chi connectivity index (χ4n) is 1.78. The normalized spacial score (nSPS) is 11.5. The highest BCUT2D eigenvalue weighted by Gasteiger charge is 2.38. The molecule has 9 nitrogen and oxygen atoms in total. The molecule has 2 aromatic heterocycles. The van der Waals surface area contributed by atoms with E-state index < -0.39 is 17.8 Å². The van der Waals surface area contributed by atoms with E-state index in [4.69, 9.17) is 11.3 Å². The summed E-state index contributed by atoms with van der Waals surface area (Å²) in [7, 11) is 0. The largest absolute Gasteiger partial charge is 0.490 e. The Hall–Kier alpha value is -3.44. The maximum absolute atomic E-state index is 11.6. The standard InChI is InChI=1S/C12H12N6O.C2HF3O2/c1-2-17-8-10(7-13-17)9-4-3-5-11(6-9)18-12(19)14-15-16-18;3-2(4,5)1(6)7/h3-8H,2H2,1H3,(H,14,16,19);(H,6,7)/i6D;. The third-order valence-electron chi connectivity index (χ3n) is 2.99. The van der Waals surface area contributed by atoms with Crippen LogP contribution in [0, 0.1) is 0 Å². The van der Waals surface area contributed by atoms with Crippen molar-refractivity contribution < 1.29 is 24.4 Å². The summed E-state index contributed by atoms with van der Waals surface area (Å²) in [6.07, 6.45) is -1.52. The second-order valence-corrected chi connectivity index (χ2v) is 4.76. The van der Waals surface area contributed by atoms with Crippen LogP contribution in [0.1, 0.15) is 8.29 Å². The van der Waals surface area contributed by atoms with Crippen LogP contribution in [0.2, 0.25) is 0 Å². The number of aliphatic carboxylic acids is 1. The number of hydrogen-bond acceptors (Lipinski definition) is 5. The second-order valence-electron chi connectivity index (χ2n) is 4.76. The van der Waals surface area contributed by atoms with Crippen molar-refractivity contribution in [3.63, 3.8) is 0 Å². The van der Waals surface area contributed by atoms with Crippen LogP contribution < -0.4 is 5.69 Å². The van der Waals surface area contributed by atoms with E-state index >= 15 is 0 Å². The number of carboxylic acid groups (broad SMARTS) is 1. The number of alkyl halides is 3. The Labute approximate surface area is 145 Å². The van der Waals surface area contributed by atoms with Gasteiger partial charge in [-0.25, -0.2) is 14.7 Å². The van der Waals surface area contributed by atoms with Gasteiger partial charge in [0, 0.05) is 18.3 Å². The third kappa shape index (κ3) is 4.55. The van der Waals surface area contributed by atoms with Gasteiger partial charge in [0.2, 0.25) is 0 Å². The van der Waals surface area contributed by atoms with E-state index in [1.54, 1.807) is 23.0 Å². The molecule has 3 aromatic rings. The topological polar surface area (TPSA) is 119 Å². The lowest BCUT2D eigenvalue weighted by atomic mass is 10.1. The van der Waals surface area contributed by atoms with Gasteiger partial charge in [-0.3, -0.25) is 4.68 Å². The van der Waals surface area contributed by atoms with Crippen molar-refractivity contribution in [2.75, 3.05) is 0 Å². The number of hydrogen-bond donors (Lipinski definition) is 2. The summed E-state index contributed by atoms with van der Waals surface area (Å²) in [6, 6.07) is 5.44. The molecular formula is C14H13F3N6O3. The molecule has 0 saturated carbocycles. The van der Waals surface area contributed by atoms with Crippen molar-refractivity contribution >= 4 is 5.97 Å². The lowest BCUT2D eigenvalue weighted by Gasteiger charge is -2.01. The third-order valence-corrected chi connectivity index (χ3v) is 2.99. The van der Waals surface area contributed by atoms with Crippen LogP contribution in [0.3, 0.4) is 0 Å². The average molecular weight is 371 g/mol. The molecule has 0 radical (unpaired) electrons. The molecule has 0 amide bonds. The Bertz CT molecular complexity index is 994. The van der Waals surface area contributed by atoms with E-state index in [9.17, 15) is 18.0 Å². The van der Waals surface area contributed by atoms with Crippen molar-refractivity contribution in [2.24, 2.45) is 0 Å². The first kappa shape index (κ1) is 17.4. The number of aromatic amines is 1. The minimum absolute atomic E-state index is 0.208. The number of benzene rings is 1. The number of carbonyl (C=O) groups is 1. The first-order valence-corrected chi connectivity index (χ1v) is 7.08. The van der Waals surface area contributed by atoms with Gasteiger partial charge in [0.15, 0.2) is 0 Å². The number of nitrogens with zero attached hydrogens (tertiary/aromatic N) is 5. The zero-order chi connectivity index (χ0) is 20.2. The van der Waals surface area contributed by atoms with Crippen molar-refractivity contribution in [3.8, 4) is 16.8 Å². The Balaban J connectivity index is 0.000000321. The number of H-pyrrole nitrogens is 1. The van der Waals surface area contributed by atoms with Crippen molar-refractivity contribution in [2.45, 2.75) is 19.6 Å². The lowest BCUT2D eigenvalue weighted by Crippen LogP contribution is -2.21. The van der Waals surface area contributed by atoms with Gasteiger partial charge in [0.1, 0.15) is 0 Å². The van der Waals surface area contributed by atoms with Gasteiger partial charge in [0.05, 0.1) is 13.3 Å². The summed E-state index contributed by atoms with van der Waals surface area (Å²) in [5.41, 5.74) is 1.43. The SMILES string of the molecule is O=C(O)C(F)(F)F.[2H]c1c(-c2cnn(CC)c2)cccc1-n1nn[nH]c1=O. The molecule has 2 heterocycles. The summed E-state index contributed by atoms with van der Waals surface area (Å²) in [6.45, 7) is 2.75. The van der Waals surface area contributed by atoms with Gasteiger partial charge >= 0.3 is 17.8 Å². The van der Waals surface area contributed by atoms with Gasteiger partial charge < -0.3 is 5.11 Å². The van der Waals surface area contributed by atoms with Crippen LogP contribution in [0.5, 0.6) is 0 Å². The van der Waals surface area contributed by atoms with Crippen LogP contribution in [-0.2, 0) is 11.3 Å². The molecule has 1 aromatic carbocycles. The van der Waals surface area contributed by atoms with Crippen LogP contribution in [-0.4, -0.2) is 47.2 Å². The maximum atomic E-state index is 11.6. The van der Waals surface area contributed by atoms with E-state index in [0.29, 0.717) is 11.3 Å². The number of aromatic nitrogens is 6. The summed E-state index contributed by atoms with van der Waals surface area (Å²) >= 11 is 0. The molecule has 2 N–H and O–H groups in total. The molecule has 0 aliphatic rings. The summed E-state index contributed by atoms with van der Waals surface area (Å²) in [5.74, 6) is -2.76. The number of aryl methyl sites for hydroxylation is 1. The number of rotatable bonds is 3. The Morgan fingerprint density at radius 3 is 2.58 bits per heavy atom. The summed E-state index contributed by atoms with van der Waals surface area (Å²) < 4.78 is 42.8. The summed E-state index contributed by atoms with van der Waals surface area (Å²) in [4.78, 5) is 20.4. The number of halogens is 3. The number of nitrogens with one attached hydrogen (secondary N) is 1. The molecule has 26 heavy (non-hydrogen) atoms. The van der Waals surface area contributed by atoms with E-state index in [1.165, 1.54) is 0 Å². The van der Waals surface area contributed by atoms with Gasteiger partial charge in [-0.15, -0.1) is 0 Å². The van der Waals surface area contributed by atoms with Crippen LogP contribution in [0.15, 0.2) is 41.4 Å². The highest BCUT2D eigenvalue weighted by molar-refractivity contribution is 5.73. The monoisotopic (exact) mass is 371 g/mol. The smallest absolute Gasteiger partial charge is 0.475 e. The highest BCUT2D eigenvalue weighted by Crippen LogP contribution is 2.20. The minimum Gasteiger partial charge on any atom is -0.475 e. The van der Waals surface area contributed by atoms with Gasteiger partial charge in [-0.05, 0) is 35.0 Å². The molecule has 0 atom stereocenters. The van der Waals surface area contributed by atoms with Crippen molar-refractivity contribution in [1.29, 1.82) is 0 Å². The quantitative estimate of drug-likeness (QED) is 0.720. The molecule has 3 rings (SSSR count). The first-order valence-electron chi connectivity index (χ1n) is 7.58. The summed E-state index contributed by atoms with van der Waals surface area (Å²) in [5, 5.41) is 20.6. The molecule has 0 unspecified atom stereocenters. The average Bonchev–Trinajstić information content (AvgIpc) is 3.24. The molecule has 138 valence electrons. The number of tetrazole rings is 1. The lowest BCUT2D eigenvalue weighted by molar-refractivity contribution is -0.192. The van der Waals surface area contributed by atoms with Crippen LogP contribution in [0.4, 0.5) is 13.2 Å². The maximum Gasteiger partial charge on any atom is 0.490 e. The highest BCUT2D eigenvalue weighted by atomic mass is 19.4. The molecule has 0 aliphatic heterocycles. The van der Waals surface area contributed by atoms with E-state index in [1.807, 2.05) is 19.2 Å². The second kappa shape index (κ2) is 7.63. The molecule has 0 bridgehead atoms. The molecule has 0 aliphatic carbocycles. The molecule has 0 spiro atoms. The molecule has 0 saturated heterocycles. The van der Waals surface area contributed by atoms with Gasteiger partial charge in [-0.2, -0.15) is 23.0 Å². The molecule has 0 fully saturated rings. The van der Waals surface area contributed by atoms with Crippen molar-refractivity contribution in [3.05, 3.63) is 47.1 Å². The fourth-order valence-corrected chi connectivity index (χ4v) is 1.78. The first-order chi connectivity index (χ1) is 12.6. The van der Waals surface area contributed by atoms with Crippen molar-refractivity contribution in [1.82, 2.24) is 30.0 Å². The predicted molar refractivity (Wildman–Crippen MR) is 82.6 cm³/mol. The Kier molecular flexibility index (Phi) is 5.10. The van der Waals surface area contributed by atoms with E-state index in [2.05, 4.69) is 20.6 Å². The van der Waals surface area contributed by atoms with Gasteiger partial charge in [0.25, 0.3) is 0 Å². The number of carboxylic acids is 1. The van der Waals surface area contributed by atoms with E-state index in [-0.39, 0.29) is 6.04 Å². The zero-order valence-electron chi connectivity index (χ0n) is 14.2. The van der Waals surface area contributed by atoms with Gasteiger partial charge in [-0.1, -0.05) is 12.1 Å². The Morgan fingerprint density at radius 2 is 2.08 bits per heavy atom. The molecular weight excluding hydrogens is 357 g/mol. The van der Waals surface area contributed by atoms with Crippen LogP contribution in [0.25, 0.3) is 16.8 Å². The van der Waals surface area contributed by atoms with Crippen LogP contribution >= 0.6 is 0 Å². The fraction of sp³-hybridized carbons (Fsp3) is 0.214. The predicted octanol–water partition coefficient (Wildman–Crippen LogP) is 1.47.